The summed E-state index contributed by atoms with van der Waals surface area (Å²) in [5.74, 6) is 0.211. The van der Waals surface area contributed by atoms with Gasteiger partial charge in [-0.2, -0.15) is 5.10 Å². The van der Waals surface area contributed by atoms with E-state index in [9.17, 15) is 4.39 Å². The number of nitrogens with zero attached hydrogens (tertiary/aromatic N) is 2. The van der Waals surface area contributed by atoms with Crippen molar-refractivity contribution < 1.29 is 4.39 Å². The van der Waals surface area contributed by atoms with Gasteiger partial charge in [0.2, 0.25) is 0 Å². The van der Waals surface area contributed by atoms with Crippen molar-refractivity contribution in [1.82, 2.24) is 9.78 Å². The highest BCUT2D eigenvalue weighted by Gasteiger charge is 2.08. The van der Waals surface area contributed by atoms with Crippen molar-refractivity contribution in [3.8, 4) is 0 Å². The molecule has 0 atom stereocenters. The van der Waals surface area contributed by atoms with Gasteiger partial charge in [-0.1, -0.05) is 22.0 Å². The average molecular weight is 349 g/mol. The largest absolute Gasteiger partial charge is 0.383 e. The topological polar surface area (TPSA) is 43.8 Å². The van der Waals surface area contributed by atoms with E-state index in [2.05, 4.69) is 37.0 Å². The van der Waals surface area contributed by atoms with Gasteiger partial charge >= 0.3 is 0 Å². The van der Waals surface area contributed by atoms with Crippen LogP contribution in [0.4, 0.5) is 10.2 Å². The van der Waals surface area contributed by atoms with Crippen LogP contribution in [-0.2, 0) is 6.54 Å². The first-order valence-electron chi connectivity index (χ1n) is 4.48. The molecule has 0 saturated heterocycles. The first-order chi connectivity index (χ1) is 7.58. The van der Waals surface area contributed by atoms with E-state index in [1.807, 2.05) is 0 Å². The summed E-state index contributed by atoms with van der Waals surface area (Å²) in [6, 6.07) is 4.91. The standard InChI is InChI=1S/C10H8Br2FN3/c11-7-2-1-6(9(13)3-7)5-16-10(14)8(12)4-15-16/h1-4H,5,14H2. The molecular formula is C10H8Br2FN3. The summed E-state index contributed by atoms with van der Waals surface area (Å²) in [7, 11) is 0. The van der Waals surface area contributed by atoms with E-state index in [0.717, 1.165) is 0 Å². The Labute approximate surface area is 109 Å². The van der Waals surface area contributed by atoms with Gasteiger partial charge in [0.1, 0.15) is 11.6 Å². The molecule has 0 fully saturated rings. The lowest BCUT2D eigenvalue weighted by atomic mass is 10.2. The maximum Gasteiger partial charge on any atom is 0.136 e. The molecule has 1 heterocycles. The fourth-order valence-electron chi connectivity index (χ4n) is 1.31. The van der Waals surface area contributed by atoms with Crippen molar-refractivity contribution in [2.24, 2.45) is 0 Å². The highest BCUT2D eigenvalue weighted by molar-refractivity contribution is 9.10. The van der Waals surface area contributed by atoms with Crippen LogP contribution in [0, 0.1) is 5.82 Å². The van der Waals surface area contributed by atoms with Crippen LogP contribution >= 0.6 is 31.9 Å². The summed E-state index contributed by atoms with van der Waals surface area (Å²) >= 11 is 6.46. The molecule has 1 aromatic carbocycles. The highest BCUT2D eigenvalue weighted by atomic mass is 79.9. The first kappa shape index (κ1) is 11.6. The van der Waals surface area contributed by atoms with Crippen LogP contribution in [0.15, 0.2) is 33.3 Å². The molecule has 6 heteroatoms. The van der Waals surface area contributed by atoms with E-state index in [0.29, 0.717) is 26.9 Å². The number of hydrogen-bond donors (Lipinski definition) is 1. The predicted molar refractivity (Wildman–Crippen MR) is 67.5 cm³/mol. The summed E-state index contributed by atoms with van der Waals surface area (Å²) in [4.78, 5) is 0. The Morgan fingerprint density at radius 1 is 1.38 bits per heavy atom. The highest BCUT2D eigenvalue weighted by Crippen LogP contribution is 2.21. The molecule has 84 valence electrons. The van der Waals surface area contributed by atoms with Gasteiger partial charge in [-0.25, -0.2) is 9.07 Å². The quantitative estimate of drug-likeness (QED) is 0.905. The van der Waals surface area contributed by atoms with Gasteiger partial charge in [0.05, 0.1) is 17.2 Å². The average Bonchev–Trinajstić information content (AvgIpc) is 2.54. The SMILES string of the molecule is Nc1c(Br)cnn1Cc1ccc(Br)cc1F. The zero-order valence-corrected chi connectivity index (χ0v) is 11.3. The smallest absolute Gasteiger partial charge is 0.136 e. The third-order valence-corrected chi connectivity index (χ3v) is 3.27. The molecule has 1 aromatic heterocycles. The van der Waals surface area contributed by atoms with Crippen molar-refractivity contribution in [2.45, 2.75) is 6.54 Å². The Morgan fingerprint density at radius 2 is 2.12 bits per heavy atom. The van der Waals surface area contributed by atoms with Gasteiger partial charge in [0.15, 0.2) is 0 Å². The molecule has 2 rings (SSSR count). The zero-order chi connectivity index (χ0) is 11.7. The maximum atomic E-state index is 13.6. The number of benzene rings is 1. The molecule has 0 aliphatic carbocycles. The van der Waals surface area contributed by atoms with Gasteiger partial charge in [-0.05, 0) is 28.1 Å². The minimum atomic E-state index is -0.277. The minimum absolute atomic E-state index is 0.277. The van der Waals surface area contributed by atoms with Crippen LogP contribution in [0.5, 0.6) is 0 Å². The summed E-state index contributed by atoms with van der Waals surface area (Å²) in [6.45, 7) is 0.316. The van der Waals surface area contributed by atoms with Crippen LogP contribution in [-0.4, -0.2) is 9.78 Å². The van der Waals surface area contributed by atoms with Crippen molar-refractivity contribution in [3.63, 3.8) is 0 Å². The fraction of sp³-hybridized carbons (Fsp3) is 0.100. The van der Waals surface area contributed by atoms with E-state index >= 15 is 0 Å². The molecule has 3 nitrogen and oxygen atoms in total. The first-order valence-corrected chi connectivity index (χ1v) is 6.07. The zero-order valence-electron chi connectivity index (χ0n) is 8.12. The molecule has 0 saturated carbocycles. The molecular weight excluding hydrogens is 341 g/mol. The second-order valence-electron chi connectivity index (χ2n) is 3.27. The number of hydrogen-bond acceptors (Lipinski definition) is 2. The molecule has 0 radical (unpaired) electrons. The number of aromatic nitrogens is 2. The summed E-state index contributed by atoms with van der Waals surface area (Å²) < 4.78 is 16.5. The lowest BCUT2D eigenvalue weighted by Crippen LogP contribution is -2.07. The van der Waals surface area contributed by atoms with E-state index in [4.69, 9.17) is 5.73 Å². The lowest BCUT2D eigenvalue weighted by Gasteiger charge is -2.06. The van der Waals surface area contributed by atoms with E-state index in [1.165, 1.54) is 10.7 Å². The van der Waals surface area contributed by atoms with Crippen LogP contribution in [0.1, 0.15) is 5.56 Å². The third kappa shape index (κ3) is 2.27. The third-order valence-electron chi connectivity index (χ3n) is 2.17. The molecule has 0 aliphatic rings. The van der Waals surface area contributed by atoms with E-state index < -0.39 is 0 Å². The van der Waals surface area contributed by atoms with Gasteiger partial charge < -0.3 is 5.73 Å². The molecule has 0 spiro atoms. The number of anilines is 1. The molecule has 0 unspecified atom stereocenters. The summed E-state index contributed by atoms with van der Waals surface area (Å²) in [5, 5.41) is 4.04. The Kier molecular flexibility index (Phi) is 3.30. The van der Waals surface area contributed by atoms with Crippen molar-refractivity contribution in [3.05, 3.63) is 44.7 Å². The Morgan fingerprint density at radius 3 is 2.69 bits per heavy atom. The molecule has 0 amide bonds. The molecule has 2 N–H and O–H groups in total. The fourth-order valence-corrected chi connectivity index (χ4v) is 1.94. The molecule has 16 heavy (non-hydrogen) atoms. The lowest BCUT2D eigenvalue weighted by molar-refractivity contribution is 0.587. The van der Waals surface area contributed by atoms with Crippen molar-refractivity contribution in [1.29, 1.82) is 0 Å². The second kappa shape index (κ2) is 4.55. The molecule has 2 aromatic rings. The predicted octanol–water partition coefficient (Wildman–Crippen LogP) is 3.18. The van der Waals surface area contributed by atoms with Crippen LogP contribution in [0.2, 0.25) is 0 Å². The van der Waals surface area contributed by atoms with Gasteiger partial charge in [-0.15, -0.1) is 0 Å². The molecule has 0 bridgehead atoms. The van der Waals surface area contributed by atoms with E-state index in [1.54, 1.807) is 18.3 Å². The summed E-state index contributed by atoms with van der Waals surface area (Å²) in [6.07, 6.45) is 1.59. The molecule has 0 aliphatic heterocycles. The maximum absolute atomic E-state index is 13.6. The van der Waals surface area contributed by atoms with Gasteiger partial charge in [0.25, 0.3) is 0 Å². The Balaban J connectivity index is 2.30. The number of nitrogens with two attached hydrogens (primary N) is 1. The monoisotopic (exact) mass is 347 g/mol. The van der Waals surface area contributed by atoms with Crippen LogP contribution in [0.3, 0.4) is 0 Å². The normalized spacial score (nSPS) is 10.7. The van der Waals surface area contributed by atoms with Crippen LogP contribution in [0.25, 0.3) is 0 Å². The number of rotatable bonds is 2. The van der Waals surface area contributed by atoms with Crippen molar-refractivity contribution in [2.75, 3.05) is 5.73 Å². The number of halogens is 3. The van der Waals surface area contributed by atoms with Crippen molar-refractivity contribution >= 4 is 37.7 Å². The van der Waals surface area contributed by atoms with E-state index in [-0.39, 0.29) is 5.82 Å². The van der Waals surface area contributed by atoms with Gasteiger partial charge in [-0.3, -0.25) is 0 Å². The minimum Gasteiger partial charge on any atom is -0.383 e. The number of nitrogen functional groups attached to an aromatic ring is 1. The van der Waals surface area contributed by atoms with Gasteiger partial charge in [0, 0.05) is 10.0 Å². The van der Waals surface area contributed by atoms with Crippen LogP contribution < -0.4 is 5.73 Å². The second-order valence-corrected chi connectivity index (χ2v) is 5.04. The Bertz CT molecular complexity index is 525. The Hall–Kier alpha value is -0.880. The summed E-state index contributed by atoms with van der Waals surface area (Å²) in [5.41, 5.74) is 6.30.